The van der Waals surface area contributed by atoms with Gasteiger partial charge in [-0.2, -0.15) is 0 Å². The first-order valence-electron chi connectivity index (χ1n) is 4.44. The summed E-state index contributed by atoms with van der Waals surface area (Å²) in [5, 5.41) is 0. The maximum absolute atomic E-state index is 5.80. The summed E-state index contributed by atoms with van der Waals surface area (Å²) in [5.41, 5.74) is 0. The summed E-state index contributed by atoms with van der Waals surface area (Å²) >= 11 is 0. The second-order valence-electron chi connectivity index (χ2n) is 3.22. The average Bonchev–Trinajstić information content (AvgIpc) is 2.60. The Balaban J connectivity index is 1.80. The number of rotatable bonds is 2. The zero-order valence-electron chi connectivity index (χ0n) is 6.70. The molecule has 0 aromatic rings. The van der Waals surface area contributed by atoms with Gasteiger partial charge in [-0.15, -0.1) is 0 Å². The molecule has 0 bridgehead atoms. The largest absolute Gasteiger partial charge is 0.367 e. The Labute approximate surface area is 67.7 Å². The molecule has 0 radical (unpaired) electrons. The Bertz CT molecular complexity index is 161. The van der Waals surface area contributed by atoms with Crippen LogP contribution in [-0.2, 0) is 4.74 Å². The highest BCUT2D eigenvalue weighted by Crippen LogP contribution is 2.20. The molecule has 0 spiro atoms. The van der Waals surface area contributed by atoms with Crippen LogP contribution in [0.1, 0.15) is 25.7 Å². The fourth-order valence-electron chi connectivity index (χ4n) is 1.66. The van der Waals surface area contributed by atoms with Gasteiger partial charge in [-0.05, 0) is 25.7 Å². The van der Waals surface area contributed by atoms with Crippen LogP contribution in [0, 0.1) is 0 Å². The first-order chi connectivity index (χ1) is 5.45. The molecule has 0 unspecified atom stereocenters. The van der Waals surface area contributed by atoms with Crippen LogP contribution in [-0.4, -0.2) is 12.2 Å². The molecule has 2 aliphatic rings. The lowest BCUT2D eigenvalue weighted by atomic mass is 10.3. The van der Waals surface area contributed by atoms with Crippen LogP contribution in [0.5, 0.6) is 0 Å². The highest BCUT2D eigenvalue weighted by atomic mass is 16.5. The van der Waals surface area contributed by atoms with Gasteiger partial charge >= 0.3 is 0 Å². The number of hydrogen-bond acceptors (Lipinski definition) is 1. The van der Waals surface area contributed by atoms with Gasteiger partial charge in [-0.25, -0.2) is 0 Å². The topological polar surface area (TPSA) is 9.23 Å². The van der Waals surface area contributed by atoms with Crippen molar-refractivity contribution in [1.29, 1.82) is 0 Å². The SMILES string of the molecule is C1=C[C@@H](O[C@@H]2C=CCC2)CC1. The lowest BCUT2D eigenvalue weighted by Crippen LogP contribution is -2.14. The van der Waals surface area contributed by atoms with Gasteiger partial charge < -0.3 is 4.74 Å². The van der Waals surface area contributed by atoms with Crippen LogP contribution in [0.15, 0.2) is 24.3 Å². The van der Waals surface area contributed by atoms with Crippen molar-refractivity contribution in [2.24, 2.45) is 0 Å². The molecule has 2 rings (SSSR count). The van der Waals surface area contributed by atoms with E-state index in [0.717, 1.165) is 0 Å². The van der Waals surface area contributed by atoms with Crippen molar-refractivity contribution in [2.75, 3.05) is 0 Å². The molecule has 0 aliphatic heterocycles. The van der Waals surface area contributed by atoms with Gasteiger partial charge in [-0.1, -0.05) is 24.3 Å². The van der Waals surface area contributed by atoms with Crippen LogP contribution in [0.4, 0.5) is 0 Å². The second kappa shape index (κ2) is 3.22. The molecule has 2 atom stereocenters. The summed E-state index contributed by atoms with van der Waals surface area (Å²) < 4.78 is 5.80. The van der Waals surface area contributed by atoms with E-state index in [9.17, 15) is 0 Å². The first kappa shape index (κ1) is 7.11. The molecular weight excluding hydrogens is 136 g/mol. The van der Waals surface area contributed by atoms with Crippen LogP contribution in [0.3, 0.4) is 0 Å². The van der Waals surface area contributed by atoms with Crippen LogP contribution >= 0.6 is 0 Å². The molecule has 0 N–H and O–H groups in total. The molecule has 1 heteroatoms. The van der Waals surface area contributed by atoms with Gasteiger partial charge in [-0.3, -0.25) is 0 Å². The minimum atomic E-state index is 0.405. The van der Waals surface area contributed by atoms with E-state index in [4.69, 9.17) is 4.74 Å². The Hall–Kier alpha value is -0.560. The quantitative estimate of drug-likeness (QED) is 0.549. The van der Waals surface area contributed by atoms with Crippen LogP contribution in [0.25, 0.3) is 0 Å². The Kier molecular flexibility index (Phi) is 2.08. The monoisotopic (exact) mass is 150 g/mol. The van der Waals surface area contributed by atoms with E-state index >= 15 is 0 Å². The minimum absolute atomic E-state index is 0.405. The predicted octanol–water partition coefficient (Wildman–Crippen LogP) is 2.44. The smallest absolute Gasteiger partial charge is 0.0766 e. The predicted molar refractivity (Wildman–Crippen MR) is 45.4 cm³/mol. The van der Waals surface area contributed by atoms with E-state index in [0.29, 0.717) is 12.2 Å². The first-order valence-corrected chi connectivity index (χ1v) is 4.44. The second-order valence-corrected chi connectivity index (χ2v) is 3.22. The molecule has 0 heterocycles. The third-order valence-corrected chi connectivity index (χ3v) is 2.29. The minimum Gasteiger partial charge on any atom is -0.367 e. The number of allylic oxidation sites excluding steroid dienone is 2. The fourth-order valence-corrected chi connectivity index (χ4v) is 1.66. The lowest BCUT2D eigenvalue weighted by Gasteiger charge is -2.14. The summed E-state index contributed by atoms with van der Waals surface area (Å²) in [5.74, 6) is 0. The van der Waals surface area contributed by atoms with Gasteiger partial charge in [0.2, 0.25) is 0 Å². The van der Waals surface area contributed by atoms with Gasteiger partial charge in [0.15, 0.2) is 0 Å². The summed E-state index contributed by atoms with van der Waals surface area (Å²) in [7, 11) is 0. The summed E-state index contributed by atoms with van der Waals surface area (Å²) in [6.45, 7) is 0. The van der Waals surface area contributed by atoms with E-state index in [1.165, 1.54) is 25.7 Å². The molecule has 0 aromatic heterocycles. The lowest BCUT2D eigenvalue weighted by molar-refractivity contribution is 0.0419. The van der Waals surface area contributed by atoms with Gasteiger partial charge in [0.1, 0.15) is 0 Å². The molecule has 0 fully saturated rings. The van der Waals surface area contributed by atoms with Crippen molar-refractivity contribution in [3.63, 3.8) is 0 Å². The standard InChI is InChI=1S/C10H14O/c1-2-6-9(5-1)11-10-7-3-4-8-10/h1,3,5,7,9-10H,2,4,6,8H2/t9-,10-/m1/s1. The molecule has 1 nitrogen and oxygen atoms in total. The van der Waals surface area contributed by atoms with E-state index in [1.54, 1.807) is 0 Å². The van der Waals surface area contributed by atoms with Crippen molar-refractivity contribution in [3.8, 4) is 0 Å². The maximum atomic E-state index is 5.80. The third kappa shape index (κ3) is 1.72. The van der Waals surface area contributed by atoms with Crippen LogP contribution in [0.2, 0.25) is 0 Å². The van der Waals surface area contributed by atoms with Crippen molar-refractivity contribution in [2.45, 2.75) is 37.9 Å². The Morgan fingerprint density at radius 3 is 1.82 bits per heavy atom. The molecular formula is C10H14O. The maximum Gasteiger partial charge on any atom is 0.0766 e. The molecule has 0 amide bonds. The highest BCUT2D eigenvalue weighted by molar-refractivity contribution is 5.02. The van der Waals surface area contributed by atoms with Crippen molar-refractivity contribution >= 4 is 0 Å². The fraction of sp³-hybridized carbons (Fsp3) is 0.600. The van der Waals surface area contributed by atoms with Crippen LogP contribution < -0.4 is 0 Å². The molecule has 0 aromatic carbocycles. The van der Waals surface area contributed by atoms with Gasteiger partial charge in [0, 0.05) is 0 Å². The van der Waals surface area contributed by atoms with Gasteiger partial charge in [0.25, 0.3) is 0 Å². The van der Waals surface area contributed by atoms with Crippen molar-refractivity contribution < 1.29 is 4.74 Å². The molecule has 0 saturated heterocycles. The molecule has 0 saturated carbocycles. The number of hydrogen-bond donors (Lipinski definition) is 0. The van der Waals surface area contributed by atoms with E-state index < -0.39 is 0 Å². The van der Waals surface area contributed by atoms with E-state index in [2.05, 4.69) is 24.3 Å². The highest BCUT2D eigenvalue weighted by Gasteiger charge is 2.16. The van der Waals surface area contributed by atoms with Gasteiger partial charge in [0.05, 0.1) is 12.2 Å². The van der Waals surface area contributed by atoms with Crippen molar-refractivity contribution in [3.05, 3.63) is 24.3 Å². The normalized spacial score (nSPS) is 35.3. The molecule has 60 valence electrons. The number of ether oxygens (including phenoxy) is 1. The van der Waals surface area contributed by atoms with E-state index in [-0.39, 0.29) is 0 Å². The zero-order valence-corrected chi connectivity index (χ0v) is 6.70. The Morgan fingerprint density at radius 2 is 1.45 bits per heavy atom. The third-order valence-electron chi connectivity index (χ3n) is 2.29. The summed E-state index contributed by atoms with van der Waals surface area (Å²) in [4.78, 5) is 0. The summed E-state index contributed by atoms with van der Waals surface area (Å²) in [6, 6.07) is 0. The summed E-state index contributed by atoms with van der Waals surface area (Å²) in [6.07, 6.45) is 14.4. The van der Waals surface area contributed by atoms with Crippen molar-refractivity contribution in [1.82, 2.24) is 0 Å². The van der Waals surface area contributed by atoms with E-state index in [1.807, 2.05) is 0 Å². The molecule has 2 aliphatic carbocycles. The average molecular weight is 150 g/mol. The Morgan fingerprint density at radius 1 is 0.909 bits per heavy atom. The molecule has 11 heavy (non-hydrogen) atoms. The zero-order chi connectivity index (χ0) is 7.52.